The van der Waals surface area contributed by atoms with E-state index >= 15 is 0 Å². The lowest BCUT2D eigenvalue weighted by Crippen LogP contribution is -2.49. The summed E-state index contributed by atoms with van der Waals surface area (Å²) in [6.45, 7) is 3.56. The van der Waals surface area contributed by atoms with Crippen LogP contribution in [0.2, 0.25) is 5.02 Å². The quantitative estimate of drug-likeness (QED) is 0.768. The fourth-order valence-electron chi connectivity index (χ4n) is 3.25. The molecular formula is C20H20ClFN2O2. The van der Waals surface area contributed by atoms with E-state index in [9.17, 15) is 14.0 Å². The van der Waals surface area contributed by atoms with E-state index in [1.54, 1.807) is 29.2 Å². The van der Waals surface area contributed by atoms with Gasteiger partial charge in [-0.3, -0.25) is 9.59 Å². The average molecular weight is 375 g/mol. The van der Waals surface area contributed by atoms with Gasteiger partial charge in [-0.25, -0.2) is 4.39 Å². The van der Waals surface area contributed by atoms with Crippen molar-refractivity contribution in [1.29, 1.82) is 0 Å². The maximum absolute atomic E-state index is 14.0. The Morgan fingerprint density at radius 1 is 1.08 bits per heavy atom. The number of piperazine rings is 1. The summed E-state index contributed by atoms with van der Waals surface area (Å²) in [7, 11) is 0. The van der Waals surface area contributed by atoms with Crippen LogP contribution in [0.25, 0.3) is 0 Å². The van der Waals surface area contributed by atoms with Crippen molar-refractivity contribution in [1.82, 2.24) is 4.90 Å². The van der Waals surface area contributed by atoms with Crippen LogP contribution in [0.1, 0.15) is 22.8 Å². The van der Waals surface area contributed by atoms with Gasteiger partial charge in [-0.05, 0) is 36.8 Å². The number of nitrogens with zero attached hydrogens (tertiary/aromatic N) is 2. The first-order valence-corrected chi connectivity index (χ1v) is 8.90. The average Bonchev–Trinajstić information content (AvgIpc) is 2.61. The first-order valence-electron chi connectivity index (χ1n) is 8.52. The Labute approximate surface area is 157 Å². The number of hydrogen-bond acceptors (Lipinski definition) is 3. The van der Waals surface area contributed by atoms with Crippen molar-refractivity contribution in [2.45, 2.75) is 13.3 Å². The third kappa shape index (κ3) is 4.05. The predicted octanol–water partition coefficient (Wildman–Crippen LogP) is 3.57. The lowest BCUT2D eigenvalue weighted by Gasteiger charge is -2.37. The van der Waals surface area contributed by atoms with E-state index in [0.717, 1.165) is 5.56 Å². The number of anilines is 1. The van der Waals surface area contributed by atoms with E-state index in [4.69, 9.17) is 11.6 Å². The molecule has 26 heavy (non-hydrogen) atoms. The summed E-state index contributed by atoms with van der Waals surface area (Å²) >= 11 is 5.96. The molecule has 0 aromatic heterocycles. The van der Waals surface area contributed by atoms with E-state index in [2.05, 4.69) is 0 Å². The zero-order valence-corrected chi connectivity index (χ0v) is 15.3. The minimum absolute atomic E-state index is 0.0398. The summed E-state index contributed by atoms with van der Waals surface area (Å²) in [5, 5.41) is 0.614. The van der Waals surface area contributed by atoms with E-state index in [1.807, 2.05) is 17.0 Å². The molecule has 0 N–H and O–H groups in total. The zero-order chi connectivity index (χ0) is 18.7. The molecule has 1 amide bonds. The highest BCUT2D eigenvalue weighted by molar-refractivity contribution is 6.30. The minimum Gasteiger partial charge on any atom is -0.367 e. The van der Waals surface area contributed by atoms with Gasteiger partial charge in [0, 0.05) is 31.2 Å². The zero-order valence-electron chi connectivity index (χ0n) is 14.5. The number of carbonyl (C=O) groups excluding carboxylic acids is 2. The van der Waals surface area contributed by atoms with Crippen LogP contribution in [0.5, 0.6) is 0 Å². The molecule has 0 saturated carbocycles. The van der Waals surface area contributed by atoms with Gasteiger partial charge in [0.05, 0.1) is 17.7 Å². The number of amides is 1. The lowest BCUT2D eigenvalue weighted by molar-refractivity contribution is -0.130. The van der Waals surface area contributed by atoms with Crippen molar-refractivity contribution in [2.75, 3.05) is 31.1 Å². The molecule has 1 saturated heterocycles. The van der Waals surface area contributed by atoms with Crippen molar-refractivity contribution in [2.24, 2.45) is 0 Å². The summed E-state index contributed by atoms with van der Waals surface area (Å²) in [5.74, 6) is -0.759. The lowest BCUT2D eigenvalue weighted by atomic mass is 10.1. The maximum Gasteiger partial charge on any atom is 0.227 e. The van der Waals surface area contributed by atoms with Gasteiger partial charge in [-0.15, -0.1) is 0 Å². The van der Waals surface area contributed by atoms with Gasteiger partial charge in [0.1, 0.15) is 5.82 Å². The number of hydrogen-bond donors (Lipinski definition) is 0. The number of ketones is 1. The molecule has 0 aliphatic carbocycles. The van der Waals surface area contributed by atoms with E-state index in [0.29, 0.717) is 43.3 Å². The van der Waals surface area contributed by atoms with Crippen LogP contribution in [0, 0.1) is 5.82 Å². The normalized spacial score (nSPS) is 14.4. The number of halogens is 2. The highest BCUT2D eigenvalue weighted by Crippen LogP contribution is 2.25. The molecule has 3 rings (SSSR count). The van der Waals surface area contributed by atoms with Gasteiger partial charge in [0.2, 0.25) is 5.91 Å². The maximum atomic E-state index is 14.0. The number of rotatable bonds is 4. The summed E-state index contributed by atoms with van der Waals surface area (Å²) in [6, 6.07) is 11.9. The van der Waals surface area contributed by atoms with Crippen LogP contribution in [0.3, 0.4) is 0 Å². The largest absolute Gasteiger partial charge is 0.367 e. The Balaban J connectivity index is 1.65. The van der Waals surface area contributed by atoms with Crippen molar-refractivity contribution in [3.05, 3.63) is 64.4 Å². The molecule has 2 aromatic carbocycles. The topological polar surface area (TPSA) is 40.6 Å². The molecule has 4 nitrogen and oxygen atoms in total. The van der Waals surface area contributed by atoms with E-state index in [1.165, 1.54) is 13.0 Å². The number of carbonyl (C=O) groups is 2. The first kappa shape index (κ1) is 18.4. The fraction of sp³-hybridized carbons (Fsp3) is 0.300. The molecule has 2 aromatic rings. The first-order chi connectivity index (χ1) is 12.5. The molecule has 0 atom stereocenters. The minimum atomic E-state index is -0.505. The van der Waals surface area contributed by atoms with Crippen LogP contribution in [0.15, 0.2) is 42.5 Å². The van der Waals surface area contributed by atoms with Crippen molar-refractivity contribution in [3.63, 3.8) is 0 Å². The van der Waals surface area contributed by atoms with Gasteiger partial charge < -0.3 is 9.80 Å². The Morgan fingerprint density at radius 3 is 2.42 bits per heavy atom. The molecule has 0 unspecified atom stereocenters. The summed E-state index contributed by atoms with van der Waals surface area (Å²) < 4.78 is 14.0. The Kier molecular flexibility index (Phi) is 5.57. The third-order valence-corrected chi connectivity index (χ3v) is 4.80. The summed E-state index contributed by atoms with van der Waals surface area (Å²) in [5.41, 5.74) is 1.60. The SMILES string of the molecule is CC(=O)c1c(F)cccc1N1CCN(C(=O)Cc2cccc(Cl)c2)CC1. The second kappa shape index (κ2) is 7.87. The second-order valence-corrected chi connectivity index (χ2v) is 6.80. The Morgan fingerprint density at radius 2 is 1.77 bits per heavy atom. The standard InChI is InChI=1S/C20H20ClFN2O2/c1-14(25)20-17(22)6-3-7-18(20)23-8-10-24(11-9-23)19(26)13-15-4-2-5-16(21)12-15/h2-7,12H,8-11,13H2,1H3. The molecule has 0 radical (unpaired) electrons. The molecule has 1 heterocycles. The van der Waals surface area contributed by atoms with Gasteiger partial charge in [-0.2, -0.15) is 0 Å². The molecule has 1 aliphatic rings. The van der Waals surface area contributed by atoms with Crippen molar-refractivity contribution < 1.29 is 14.0 Å². The van der Waals surface area contributed by atoms with E-state index in [-0.39, 0.29) is 17.3 Å². The smallest absolute Gasteiger partial charge is 0.227 e. The molecule has 6 heteroatoms. The summed E-state index contributed by atoms with van der Waals surface area (Å²) in [4.78, 5) is 28.0. The third-order valence-electron chi connectivity index (χ3n) is 4.56. The van der Waals surface area contributed by atoms with Crippen LogP contribution >= 0.6 is 11.6 Å². The van der Waals surface area contributed by atoms with Crippen molar-refractivity contribution in [3.8, 4) is 0 Å². The highest BCUT2D eigenvalue weighted by Gasteiger charge is 2.24. The molecule has 1 fully saturated rings. The monoisotopic (exact) mass is 374 g/mol. The fourth-order valence-corrected chi connectivity index (χ4v) is 3.47. The van der Waals surface area contributed by atoms with Gasteiger partial charge in [0.15, 0.2) is 5.78 Å². The highest BCUT2D eigenvalue weighted by atomic mass is 35.5. The van der Waals surface area contributed by atoms with Crippen LogP contribution in [-0.4, -0.2) is 42.8 Å². The van der Waals surface area contributed by atoms with Gasteiger partial charge in [-0.1, -0.05) is 29.8 Å². The molecular weight excluding hydrogens is 355 g/mol. The predicted molar refractivity (Wildman–Crippen MR) is 100 cm³/mol. The number of benzene rings is 2. The second-order valence-electron chi connectivity index (χ2n) is 6.36. The Hall–Kier alpha value is -2.40. The van der Waals surface area contributed by atoms with E-state index < -0.39 is 5.82 Å². The molecule has 1 aliphatic heterocycles. The van der Waals surface area contributed by atoms with Gasteiger partial charge >= 0.3 is 0 Å². The van der Waals surface area contributed by atoms with Crippen molar-refractivity contribution >= 4 is 29.0 Å². The molecule has 136 valence electrons. The summed E-state index contributed by atoms with van der Waals surface area (Å²) in [6.07, 6.45) is 0.305. The molecule has 0 spiro atoms. The van der Waals surface area contributed by atoms with Crippen LogP contribution in [0.4, 0.5) is 10.1 Å². The number of Topliss-reactive ketones (excluding diaryl/α,β-unsaturated/α-hetero) is 1. The Bertz CT molecular complexity index is 832. The van der Waals surface area contributed by atoms with Crippen LogP contribution < -0.4 is 4.90 Å². The van der Waals surface area contributed by atoms with Gasteiger partial charge in [0.25, 0.3) is 0 Å². The van der Waals surface area contributed by atoms with Crippen LogP contribution in [-0.2, 0) is 11.2 Å². The molecule has 0 bridgehead atoms.